The average molecular weight is 361 g/mol. The van der Waals surface area contributed by atoms with Gasteiger partial charge in [-0.05, 0) is 55.5 Å². The molecule has 5 nitrogen and oxygen atoms in total. The third kappa shape index (κ3) is 3.82. The van der Waals surface area contributed by atoms with Gasteiger partial charge in [0, 0.05) is 19.6 Å². The van der Waals surface area contributed by atoms with Crippen LogP contribution in [0.1, 0.15) is 26.2 Å². The highest BCUT2D eigenvalue weighted by atomic mass is 35.5. The number of hydrogen-bond donors (Lipinski definition) is 1. The minimum absolute atomic E-state index is 0. The lowest BCUT2D eigenvalue weighted by Crippen LogP contribution is -2.33. The first-order valence-electron chi connectivity index (χ1n) is 8.00. The predicted octanol–water partition coefficient (Wildman–Crippen LogP) is 2.27. The summed E-state index contributed by atoms with van der Waals surface area (Å²) >= 11 is 0. The summed E-state index contributed by atoms with van der Waals surface area (Å²) < 4.78 is 32.7. The van der Waals surface area contributed by atoms with Crippen LogP contribution in [0.15, 0.2) is 29.2 Å². The van der Waals surface area contributed by atoms with Crippen LogP contribution in [0.3, 0.4) is 0 Å². The largest absolute Gasteiger partial charge is 0.494 e. The zero-order valence-electron chi connectivity index (χ0n) is 13.5. The van der Waals surface area contributed by atoms with Crippen molar-refractivity contribution in [1.82, 2.24) is 9.62 Å². The van der Waals surface area contributed by atoms with Crippen LogP contribution in [-0.2, 0) is 10.0 Å². The molecule has 1 aromatic carbocycles. The van der Waals surface area contributed by atoms with Crippen molar-refractivity contribution in [3.63, 3.8) is 0 Å². The van der Waals surface area contributed by atoms with E-state index in [4.69, 9.17) is 4.74 Å². The maximum atomic E-state index is 12.8. The third-order valence-electron chi connectivity index (χ3n) is 4.67. The van der Waals surface area contributed by atoms with Crippen LogP contribution >= 0.6 is 12.4 Å². The van der Waals surface area contributed by atoms with Gasteiger partial charge in [0.2, 0.25) is 10.0 Å². The molecule has 1 atom stereocenters. The summed E-state index contributed by atoms with van der Waals surface area (Å²) in [5.41, 5.74) is 0.150. The van der Waals surface area contributed by atoms with Crippen molar-refractivity contribution < 1.29 is 13.2 Å². The average Bonchev–Trinajstić information content (AvgIpc) is 3.16. The maximum absolute atomic E-state index is 12.8. The lowest BCUT2D eigenvalue weighted by Gasteiger charge is -2.22. The van der Waals surface area contributed by atoms with Gasteiger partial charge in [0.15, 0.2) is 0 Å². The predicted molar refractivity (Wildman–Crippen MR) is 92.8 cm³/mol. The van der Waals surface area contributed by atoms with Crippen LogP contribution in [-0.4, -0.2) is 45.5 Å². The van der Waals surface area contributed by atoms with E-state index in [0.29, 0.717) is 24.6 Å². The van der Waals surface area contributed by atoms with E-state index in [1.54, 1.807) is 28.6 Å². The highest BCUT2D eigenvalue weighted by Gasteiger charge is 2.44. The molecule has 1 unspecified atom stereocenters. The highest BCUT2D eigenvalue weighted by Crippen LogP contribution is 2.38. The van der Waals surface area contributed by atoms with E-state index in [1.807, 2.05) is 6.92 Å². The van der Waals surface area contributed by atoms with Crippen molar-refractivity contribution in [1.29, 1.82) is 0 Å². The third-order valence-corrected chi connectivity index (χ3v) is 6.53. The molecule has 0 amide bonds. The van der Waals surface area contributed by atoms with Crippen LogP contribution in [0.25, 0.3) is 0 Å². The minimum atomic E-state index is -3.39. The van der Waals surface area contributed by atoms with Crippen molar-refractivity contribution in [3.8, 4) is 5.75 Å². The molecule has 130 valence electrons. The van der Waals surface area contributed by atoms with Crippen molar-refractivity contribution in [2.24, 2.45) is 5.41 Å². The van der Waals surface area contributed by atoms with E-state index in [-0.39, 0.29) is 17.8 Å². The fourth-order valence-corrected chi connectivity index (χ4v) is 4.87. The Bertz CT molecular complexity index is 613. The van der Waals surface area contributed by atoms with Crippen LogP contribution < -0.4 is 10.1 Å². The summed E-state index contributed by atoms with van der Waals surface area (Å²) in [6, 6.07) is 6.79. The number of ether oxygens (including phenoxy) is 1. The Morgan fingerprint density at radius 1 is 1.26 bits per heavy atom. The zero-order chi connectivity index (χ0) is 15.6. The smallest absolute Gasteiger partial charge is 0.243 e. The second-order valence-electron chi connectivity index (χ2n) is 6.34. The van der Waals surface area contributed by atoms with Gasteiger partial charge in [0.25, 0.3) is 0 Å². The molecular weight excluding hydrogens is 336 g/mol. The van der Waals surface area contributed by atoms with Crippen molar-refractivity contribution in [3.05, 3.63) is 24.3 Å². The normalized spacial score (nSPS) is 24.7. The number of benzene rings is 1. The molecule has 0 radical (unpaired) electrons. The first-order chi connectivity index (χ1) is 10.6. The molecule has 0 bridgehead atoms. The summed E-state index contributed by atoms with van der Waals surface area (Å²) in [5.74, 6) is 0.721. The number of rotatable bonds is 5. The first-order valence-corrected chi connectivity index (χ1v) is 9.44. The summed E-state index contributed by atoms with van der Waals surface area (Å²) in [6.45, 7) is 5.88. The van der Waals surface area contributed by atoms with Crippen molar-refractivity contribution >= 4 is 22.4 Å². The Morgan fingerprint density at radius 3 is 2.61 bits per heavy atom. The Hall–Kier alpha value is -0.820. The van der Waals surface area contributed by atoms with Gasteiger partial charge in [0.1, 0.15) is 5.75 Å². The molecule has 23 heavy (non-hydrogen) atoms. The van der Waals surface area contributed by atoms with Gasteiger partial charge in [-0.1, -0.05) is 6.92 Å². The van der Waals surface area contributed by atoms with Crippen LogP contribution in [0, 0.1) is 5.41 Å². The van der Waals surface area contributed by atoms with E-state index in [1.165, 1.54) is 0 Å². The summed E-state index contributed by atoms with van der Waals surface area (Å²) in [7, 11) is -3.39. The second-order valence-corrected chi connectivity index (χ2v) is 8.27. The molecular formula is C16H25ClN2O3S. The second kappa shape index (κ2) is 7.38. The van der Waals surface area contributed by atoms with Gasteiger partial charge in [0.05, 0.1) is 11.5 Å². The zero-order valence-corrected chi connectivity index (χ0v) is 15.1. The molecule has 2 aliphatic rings. The lowest BCUT2D eigenvalue weighted by atomic mass is 9.87. The molecule has 1 aromatic rings. The number of nitrogens with one attached hydrogen (secondary N) is 1. The quantitative estimate of drug-likeness (QED) is 0.875. The molecule has 2 aliphatic heterocycles. The van der Waals surface area contributed by atoms with E-state index < -0.39 is 10.0 Å². The Balaban J connectivity index is 0.00000192. The SMILES string of the molecule is CCCOc1ccc(S(=O)(=O)N2CCC3(CCNC3)C2)cc1.Cl. The maximum Gasteiger partial charge on any atom is 0.243 e. The Labute approximate surface area is 144 Å². The molecule has 2 heterocycles. The molecule has 1 N–H and O–H groups in total. The summed E-state index contributed by atoms with van der Waals surface area (Å²) in [6.07, 6.45) is 2.96. The van der Waals surface area contributed by atoms with Gasteiger partial charge in [-0.25, -0.2) is 8.42 Å². The lowest BCUT2D eigenvalue weighted by molar-refractivity contribution is 0.317. The van der Waals surface area contributed by atoms with Crippen LogP contribution in [0.5, 0.6) is 5.75 Å². The molecule has 2 saturated heterocycles. The fourth-order valence-electron chi connectivity index (χ4n) is 3.32. The van der Waals surface area contributed by atoms with Gasteiger partial charge in [-0.3, -0.25) is 0 Å². The topological polar surface area (TPSA) is 58.6 Å². The monoisotopic (exact) mass is 360 g/mol. The van der Waals surface area contributed by atoms with E-state index >= 15 is 0 Å². The van der Waals surface area contributed by atoms with Gasteiger partial charge in [-0.2, -0.15) is 4.31 Å². The number of nitrogens with zero attached hydrogens (tertiary/aromatic N) is 1. The molecule has 2 fully saturated rings. The Morgan fingerprint density at radius 2 is 2.00 bits per heavy atom. The van der Waals surface area contributed by atoms with E-state index in [0.717, 1.165) is 38.1 Å². The summed E-state index contributed by atoms with van der Waals surface area (Å²) in [5, 5.41) is 3.36. The number of sulfonamides is 1. The summed E-state index contributed by atoms with van der Waals surface area (Å²) in [4.78, 5) is 0.361. The first kappa shape index (κ1) is 18.5. The fraction of sp³-hybridized carbons (Fsp3) is 0.625. The van der Waals surface area contributed by atoms with E-state index in [2.05, 4.69) is 5.32 Å². The molecule has 0 aromatic heterocycles. The standard InChI is InChI=1S/C16H24N2O3S.ClH/c1-2-11-21-14-3-5-15(6-4-14)22(19,20)18-10-8-16(13-18)7-9-17-12-16;/h3-6,17H,2,7-13H2,1H3;1H. The molecule has 3 rings (SSSR count). The number of hydrogen-bond acceptors (Lipinski definition) is 4. The molecule has 0 aliphatic carbocycles. The highest BCUT2D eigenvalue weighted by molar-refractivity contribution is 7.89. The van der Waals surface area contributed by atoms with Gasteiger partial charge in [-0.15, -0.1) is 12.4 Å². The van der Waals surface area contributed by atoms with E-state index in [9.17, 15) is 8.42 Å². The minimum Gasteiger partial charge on any atom is -0.494 e. The Kier molecular flexibility index (Phi) is 5.94. The molecule has 1 spiro atoms. The number of halogens is 1. The van der Waals surface area contributed by atoms with Gasteiger partial charge < -0.3 is 10.1 Å². The van der Waals surface area contributed by atoms with Crippen molar-refractivity contribution in [2.45, 2.75) is 31.1 Å². The van der Waals surface area contributed by atoms with Crippen LogP contribution in [0.4, 0.5) is 0 Å². The van der Waals surface area contributed by atoms with Crippen LogP contribution in [0.2, 0.25) is 0 Å². The molecule has 7 heteroatoms. The van der Waals surface area contributed by atoms with Gasteiger partial charge >= 0.3 is 0 Å². The molecule has 0 saturated carbocycles. The van der Waals surface area contributed by atoms with Crippen molar-refractivity contribution in [2.75, 3.05) is 32.8 Å².